The highest BCUT2D eigenvalue weighted by Crippen LogP contribution is 2.37. The van der Waals surface area contributed by atoms with Crippen LogP contribution in [0.4, 0.5) is 4.79 Å². The minimum absolute atomic E-state index is 0.0200. The van der Waals surface area contributed by atoms with Crippen molar-refractivity contribution in [3.8, 4) is 17.2 Å². The number of piperidine rings is 3. The van der Waals surface area contributed by atoms with Crippen LogP contribution in [0.1, 0.15) is 97.0 Å². The number of alkyl carbamates (subject to hydrolysis) is 1. The van der Waals surface area contributed by atoms with Crippen LogP contribution in [0.3, 0.4) is 0 Å². The van der Waals surface area contributed by atoms with Crippen molar-refractivity contribution in [3.05, 3.63) is 136 Å². The van der Waals surface area contributed by atoms with Gasteiger partial charge < -0.3 is 44.5 Å². The summed E-state index contributed by atoms with van der Waals surface area (Å²) in [6.45, 7) is 4.62. The Balaban J connectivity index is 0.841. The molecule has 12 heteroatoms. The van der Waals surface area contributed by atoms with Gasteiger partial charge >= 0.3 is 6.09 Å². The SMILES string of the molecule is COc1ccc(C(NC(=O)OC2C[N+]3(CC(=O)c4ccccc4)CCC2CC3)c2ccccc2)cc1OCCCCCCCCCNCC(O)c1ccc(O)c2[nH]c(=O)ccc12. The number of carbonyl (C=O) groups is 2. The molecule has 3 aliphatic heterocycles. The number of rotatable bonds is 22. The maximum atomic E-state index is 13.7. The number of phenols is 1. The second-order valence-electron chi connectivity index (χ2n) is 16.9. The lowest BCUT2D eigenvalue weighted by Gasteiger charge is -2.51. The molecule has 1 amide bonds. The molecule has 0 spiro atoms. The van der Waals surface area contributed by atoms with Gasteiger partial charge in [0.15, 0.2) is 17.6 Å². The number of fused-ring (bicyclic) bond motifs is 4. The van der Waals surface area contributed by atoms with E-state index in [1.807, 2.05) is 78.9 Å². The van der Waals surface area contributed by atoms with Crippen LogP contribution in [0.5, 0.6) is 17.2 Å². The number of aromatic amines is 1. The molecule has 2 bridgehead atoms. The van der Waals surface area contributed by atoms with Crippen LogP contribution in [0, 0.1) is 5.92 Å². The van der Waals surface area contributed by atoms with Crippen LogP contribution in [-0.4, -0.2) is 90.6 Å². The van der Waals surface area contributed by atoms with Gasteiger partial charge in [-0.2, -0.15) is 0 Å². The quantitative estimate of drug-likeness (QED) is 0.0265. The molecule has 1 aromatic heterocycles. The summed E-state index contributed by atoms with van der Waals surface area (Å²) in [6, 6.07) is 30.8. The standard InChI is InChI=1S/C50H60N4O8/c1-60-44-23-19-38(31-45(44)61-30-14-6-4-2-3-5-13-27-51-32-42(56)39-20-22-41(55)49-40(39)21-24-47(58)52-49)48(37-17-11-8-12-18-37)53-50(59)62-46-34-54(28-25-36(46)26-29-54)33-43(57)35-15-9-7-10-16-35/h7-12,15-24,31,36,42,46,48,51,56H,2-6,13-14,25-30,32-34H2,1H3,(H2-,52,53,55,58,59)/p+1. The number of pyridine rings is 1. The number of methoxy groups -OCH3 is 1. The highest BCUT2D eigenvalue weighted by atomic mass is 16.6. The van der Waals surface area contributed by atoms with Gasteiger partial charge in [-0.3, -0.25) is 9.59 Å². The number of benzene rings is 4. The molecule has 4 aromatic carbocycles. The van der Waals surface area contributed by atoms with Gasteiger partial charge in [0, 0.05) is 42.3 Å². The number of aliphatic hydroxyl groups is 1. The summed E-state index contributed by atoms with van der Waals surface area (Å²) in [5, 5.41) is 28.0. The molecule has 3 unspecified atom stereocenters. The van der Waals surface area contributed by atoms with Crippen LogP contribution in [0.15, 0.2) is 108 Å². The molecule has 3 saturated heterocycles. The van der Waals surface area contributed by atoms with Gasteiger partial charge in [0.1, 0.15) is 18.8 Å². The molecule has 5 aromatic rings. The van der Waals surface area contributed by atoms with Crippen LogP contribution in [0.25, 0.3) is 10.9 Å². The molecule has 0 aliphatic carbocycles. The molecule has 3 fully saturated rings. The molecular formula is C50H61N4O8+. The first-order chi connectivity index (χ1) is 30.2. The zero-order chi connectivity index (χ0) is 43.3. The maximum absolute atomic E-state index is 13.7. The number of nitrogens with one attached hydrogen (secondary N) is 3. The number of H-pyrrole nitrogens is 1. The van der Waals surface area contributed by atoms with Crippen molar-refractivity contribution in [2.45, 2.75) is 76.0 Å². The van der Waals surface area contributed by atoms with E-state index in [2.05, 4.69) is 15.6 Å². The smallest absolute Gasteiger partial charge is 0.408 e. The number of amides is 1. The second kappa shape index (κ2) is 21.4. The zero-order valence-electron chi connectivity index (χ0n) is 35.7. The number of aromatic hydroxyl groups is 1. The number of Topliss-reactive ketones (excluding diaryl/α,β-unsaturated/α-hetero) is 1. The first-order valence-corrected chi connectivity index (χ1v) is 22.2. The molecular weight excluding hydrogens is 785 g/mol. The molecule has 3 atom stereocenters. The number of unbranched alkanes of at least 4 members (excludes halogenated alkanes) is 6. The summed E-state index contributed by atoms with van der Waals surface area (Å²) in [5.41, 5.74) is 3.19. The third-order valence-electron chi connectivity index (χ3n) is 12.6. The summed E-state index contributed by atoms with van der Waals surface area (Å²) in [4.78, 5) is 41.3. The van der Waals surface area contributed by atoms with Crippen molar-refractivity contribution in [2.75, 3.05) is 53.0 Å². The second-order valence-corrected chi connectivity index (χ2v) is 16.9. The number of ketones is 1. The Labute approximate surface area is 363 Å². The number of hydrogen-bond acceptors (Lipinski definition) is 9. The lowest BCUT2D eigenvalue weighted by molar-refractivity contribution is -0.938. The van der Waals surface area contributed by atoms with E-state index in [4.69, 9.17) is 14.2 Å². The average Bonchev–Trinajstić information content (AvgIpc) is 3.29. The number of nitrogens with zero attached hydrogens (tertiary/aromatic N) is 1. The van der Waals surface area contributed by atoms with E-state index in [9.17, 15) is 24.6 Å². The summed E-state index contributed by atoms with van der Waals surface area (Å²) in [7, 11) is 1.63. The Hall–Kier alpha value is -5.69. The molecule has 0 saturated carbocycles. The number of aromatic nitrogens is 1. The predicted molar refractivity (Wildman–Crippen MR) is 240 cm³/mol. The topological polar surface area (TPSA) is 159 Å². The lowest BCUT2D eigenvalue weighted by Crippen LogP contribution is -2.66. The van der Waals surface area contributed by atoms with Crippen molar-refractivity contribution in [1.82, 2.24) is 15.6 Å². The predicted octanol–water partition coefficient (Wildman–Crippen LogP) is 7.98. The summed E-state index contributed by atoms with van der Waals surface area (Å²) in [5.74, 6) is 1.65. The van der Waals surface area contributed by atoms with Gasteiger partial charge in [-0.05, 0) is 60.3 Å². The summed E-state index contributed by atoms with van der Waals surface area (Å²) >= 11 is 0. The van der Waals surface area contributed by atoms with Gasteiger partial charge in [0.25, 0.3) is 0 Å². The monoisotopic (exact) mass is 845 g/mol. The van der Waals surface area contributed by atoms with E-state index < -0.39 is 18.2 Å². The van der Waals surface area contributed by atoms with Crippen molar-refractivity contribution in [3.63, 3.8) is 0 Å². The Bertz CT molecular complexity index is 2290. The van der Waals surface area contributed by atoms with Gasteiger partial charge in [0.05, 0.1) is 44.5 Å². The van der Waals surface area contributed by atoms with E-state index in [-0.39, 0.29) is 29.1 Å². The van der Waals surface area contributed by atoms with E-state index in [0.29, 0.717) is 58.7 Å². The van der Waals surface area contributed by atoms with Crippen LogP contribution < -0.4 is 25.7 Å². The largest absolute Gasteiger partial charge is 0.506 e. The third-order valence-corrected chi connectivity index (χ3v) is 12.6. The van der Waals surface area contributed by atoms with E-state index in [1.165, 1.54) is 12.1 Å². The Morgan fingerprint density at radius 1 is 0.823 bits per heavy atom. The number of hydrogen-bond donors (Lipinski definition) is 5. The first-order valence-electron chi connectivity index (χ1n) is 22.2. The Kier molecular flexibility index (Phi) is 15.3. The Morgan fingerprint density at radius 3 is 2.27 bits per heavy atom. The van der Waals surface area contributed by atoms with Gasteiger partial charge in [-0.1, -0.05) is 105 Å². The van der Waals surface area contributed by atoms with Crippen LogP contribution in [0.2, 0.25) is 0 Å². The number of ether oxygens (including phenoxy) is 3. The number of phenolic OH excluding ortho intramolecular Hbond substituents is 1. The molecule has 62 heavy (non-hydrogen) atoms. The fraction of sp³-hybridized carbons (Fsp3) is 0.420. The fourth-order valence-corrected chi connectivity index (χ4v) is 9.19. The van der Waals surface area contributed by atoms with Crippen LogP contribution in [-0.2, 0) is 4.74 Å². The molecule has 4 heterocycles. The van der Waals surface area contributed by atoms with Gasteiger partial charge in [-0.25, -0.2) is 4.79 Å². The summed E-state index contributed by atoms with van der Waals surface area (Å²) < 4.78 is 18.8. The maximum Gasteiger partial charge on any atom is 0.408 e. The molecule has 0 radical (unpaired) electrons. The molecule has 12 nitrogen and oxygen atoms in total. The lowest BCUT2D eigenvalue weighted by atomic mass is 9.83. The Morgan fingerprint density at radius 2 is 1.53 bits per heavy atom. The first kappa shape index (κ1) is 44.4. The molecule has 3 aliphatic rings. The number of carbonyl (C=O) groups excluding carboxylic acids is 2. The van der Waals surface area contributed by atoms with Crippen LogP contribution >= 0.6 is 0 Å². The van der Waals surface area contributed by atoms with E-state index in [1.54, 1.807) is 19.2 Å². The number of aliphatic hydroxyl groups excluding tert-OH is 1. The van der Waals surface area contributed by atoms with Crippen molar-refractivity contribution < 1.29 is 38.5 Å². The van der Waals surface area contributed by atoms with Gasteiger partial charge in [0.2, 0.25) is 11.3 Å². The van der Waals surface area contributed by atoms with Gasteiger partial charge in [-0.15, -0.1) is 0 Å². The van der Waals surface area contributed by atoms with E-state index >= 15 is 0 Å². The highest BCUT2D eigenvalue weighted by Gasteiger charge is 2.48. The normalized spacial score (nSPS) is 19.1. The minimum atomic E-state index is -0.764. The zero-order valence-corrected chi connectivity index (χ0v) is 35.7. The minimum Gasteiger partial charge on any atom is -0.506 e. The average molecular weight is 846 g/mol. The third kappa shape index (κ3) is 11.4. The van der Waals surface area contributed by atoms with Crippen molar-refractivity contribution in [2.24, 2.45) is 5.92 Å². The fourth-order valence-electron chi connectivity index (χ4n) is 9.19. The number of quaternary nitrogens is 1. The summed E-state index contributed by atoms with van der Waals surface area (Å²) in [6.07, 6.45) is 7.77. The molecule has 5 N–H and O–H groups in total. The molecule has 328 valence electrons. The van der Waals surface area contributed by atoms with Crippen molar-refractivity contribution in [1.29, 1.82) is 0 Å². The van der Waals surface area contributed by atoms with Crippen molar-refractivity contribution >= 4 is 22.8 Å². The molecule has 8 rings (SSSR count). The highest BCUT2D eigenvalue weighted by molar-refractivity contribution is 5.97. The van der Waals surface area contributed by atoms with E-state index in [0.717, 1.165) is 94.1 Å².